The molecule has 2 aromatic carbocycles. The van der Waals surface area contributed by atoms with Gasteiger partial charge in [-0.1, -0.05) is 22.9 Å². The van der Waals surface area contributed by atoms with Crippen molar-refractivity contribution < 1.29 is 14.1 Å². The molecule has 1 aliphatic heterocycles. The van der Waals surface area contributed by atoms with E-state index >= 15 is 0 Å². The van der Waals surface area contributed by atoms with Crippen LogP contribution in [0.2, 0.25) is 0 Å². The first-order valence-corrected chi connectivity index (χ1v) is 11.8. The fourth-order valence-electron chi connectivity index (χ4n) is 3.90. The Kier molecular flexibility index (Phi) is 6.90. The summed E-state index contributed by atoms with van der Waals surface area (Å²) in [5.41, 5.74) is 4.34. The zero-order valence-corrected chi connectivity index (χ0v) is 19.0. The van der Waals surface area contributed by atoms with Crippen LogP contribution in [0.4, 0.5) is 11.4 Å². The van der Waals surface area contributed by atoms with Crippen molar-refractivity contribution in [3.8, 4) is 11.4 Å². The van der Waals surface area contributed by atoms with Crippen molar-refractivity contribution in [3.63, 3.8) is 0 Å². The molecule has 0 saturated carbocycles. The highest BCUT2D eigenvalue weighted by Crippen LogP contribution is 2.29. The minimum Gasteiger partial charge on any atom is -0.342 e. The molecule has 0 spiro atoms. The van der Waals surface area contributed by atoms with Gasteiger partial charge in [-0.3, -0.25) is 9.59 Å². The lowest BCUT2D eigenvalue weighted by Crippen LogP contribution is -2.42. The summed E-state index contributed by atoms with van der Waals surface area (Å²) >= 11 is 1.88. The van der Waals surface area contributed by atoms with Gasteiger partial charge in [-0.05, 0) is 74.1 Å². The van der Waals surface area contributed by atoms with Crippen molar-refractivity contribution in [3.05, 3.63) is 60.0 Å². The minimum atomic E-state index is -0.240. The third kappa shape index (κ3) is 5.19. The third-order valence-corrected chi connectivity index (χ3v) is 6.62. The lowest BCUT2D eigenvalue weighted by atomic mass is 9.99. The van der Waals surface area contributed by atoms with Crippen LogP contribution in [0.25, 0.3) is 11.4 Å². The quantitative estimate of drug-likeness (QED) is 0.596. The second kappa shape index (κ2) is 9.99. The summed E-state index contributed by atoms with van der Waals surface area (Å²) in [4.78, 5) is 32.0. The molecular weight excluding hydrogens is 424 g/mol. The SMILES string of the molecule is Cc1ccc(N(CC(=O)Nc2ccc(-c3ncon3)cc2)C(=O)C2CCSCC2)c(C)c1. The van der Waals surface area contributed by atoms with E-state index in [-0.39, 0.29) is 24.3 Å². The van der Waals surface area contributed by atoms with Crippen molar-refractivity contribution in [1.82, 2.24) is 10.1 Å². The molecule has 1 aliphatic rings. The Bertz CT molecular complexity index is 1080. The number of benzene rings is 2. The van der Waals surface area contributed by atoms with Crippen LogP contribution in [0, 0.1) is 19.8 Å². The molecule has 0 aliphatic carbocycles. The van der Waals surface area contributed by atoms with Crippen LogP contribution >= 0.6 is 11.8 Å². The van der Waals surface area contributed by atoms with Gasteiger partial charge in [-0.2, -0.15) is 16.7 Å². The van der Waals surface area contributed by atoms with Crippen molar-refractivity contribution in [2.75, 3.05) is 28.3 Å². The van der Waals surface area contributed by atoms with Gasteiger partial charge in [0.05, 0.1) is 0 Å². The largest absolute Gasteiger partial charge is 0.342 e. The Labute approximate surface area is 191 Å². The maximum Gasteiger partial charge on any atom is 0.244 e. The normalized spacial score (nSPS) is 14.2. The van der Waals surface area contributed by atoms with E-state index in [1.54, 1.807) is 17.0 Å². The van der Waals surface area contributed by atoms with Crippen molar-refractivity contribution in [2.24, 2.45) is 5.92 Å². The van der Waals surface area contributed by atoms with E-state index in [4.69, 9.17) is 4.52 Å². The maximum atomic E-state index is 13.4. The highest BCUT2D eigenvalue weighted by atomic mass is 32.2. The fourth-order valence-corrected chi connectivity index (χ4v) is 5.01. The van der Waals surface area contributed by atoms with Crippen molar-refractivity contribution >= 4 is 35.0 Å². The minimum absolute atomic E-state index is 0.0276. The number of aromatic nitrogens is 2. The molecule has 4 rings (SSSR count). The first-order chi connectivity index (χ1) is 15.5. The predicted molar refractivity (Wildman–Crippen MR) is 127 cm³/mol. The molecular formula is C24H26N4O3S. The highest BCUT2D eigenvalue weighted by Gasteiger charge is 2.29. The summed E-state index contributed by atoms with van der Waals surface area (Å²) in [7, 11) is 0. The summed E-state index contributed by atoms with van der Waals surface area (Å²) in [6.07, 6.45) is 2.98. The van der Waals surface area contributed by atoms with Crippen LogP contribution in [0.3, 0.4) is 0 Å². The summed E-state index contributed by atoms with van der Waals surface area (Å²) in [5, 5.41) is 6.71. The van der Waals surface area contributed by atoms with Crippen LogP contribution in [-0.4, -0.2) is 40.0 Å². The van der Waals surface area contributed by atoms with E-state index in [1.807, 2.05) is 55.9 Å². The zero-order chi connectivity index (χ0) is 22.5. The van der Waals surface area contributed by atoms with Crippen molar-refractivity contribution in [1.29, 1.82) is 0 Å². The molecule has 2 amide bonds. The Morgan fingerprint density at radius 3 is 2.53 bits per heavy atom. The van der Waals surface area contributed by atoms with Gasteiger partial charge in [0.25, 0.3) is 0 Å². The molecule has 1 N–H and O–H groups in total. The lowest BCUT2D eigenvalue weighted by molar-refractivity contribution is -0.124. The molecule has 0 unspecified atom stereocenters. The number of thioether (sulfide) groups is 1. The average molecular weight is 451 g/mol. The number of carbonyl (C=O) groups excluding carboxylic acids is 2. The molecule has 3 aromatic rings. The van der Waals surface area contributed by atoms with Gasteiger partial charge >= 0.3 is 0 Å². The molecule has 32 heavy (non-hydrogen) atoms. The number of hydrogen-bond acceptors (Lipinski definition) is 6. The van der Waals surface area contributed by atoms with E-state index in [0.717, 1.165) is 46.7 Å². The Morgan fingerprint density at radius 2 is 1.88 bits per heavy atom. The molecule has 8 heteroatoms. The van der Waals surface area contributed by atoms with Crippen LogP contribution in [0.5, 0.6) is 0 Å². The first-order valence-electron chi connectivity index (χ1n) is 10.6. The first kappa shape index (κ1) is 22.1. The number of nitrogens with zero attached hydrogens (tertiary/aromatic N) is 3. The van der Waals surface area contributed by atoms with Crippen LogP contribution < -0.4 is 10.2 Å². The molecule has 1 aromatic heterocycles. The van der Waals surface area contributed by atoms with Crippen LogP contribution in [0.1, 0.15) is 24.0 Å². The van der Waals surface area contributed by atoms with Gasteiger partial charge < -0.3 is 14.7 Å². The van der Waals surface area contributed by atoms with Gasteiger partial charge in [-0.25, -0.2) is 0 Å². The predicted octanol–water partition coefficient (Wildman–Crippen LogP) is 4.47. The molecule has 2 heterocycles. The molecule has 0 radical (unpaired) electrons. The second-order valence-electron chi connectivity index (χ2n) is 7.98. The molecule has 0 bridgehead atoms. The number of rotatable bonds is 6. The number of amides is 2. The topological polar surface area (TPSA) is 88.3 Å². The second-order valence-corrected chi connectivity index (χ2v) is 9.21. The molecule has 7 nitrogen and oxygen atoms in total. The monoisotopic (exact) mass is 450 g/mol. The van der Waals surface area contributed by atoms with E-state index in [1.165, 1.54) is 6.39 Å². The molecule has 166 valence electrons. The number of aryl methyl sites for hydroxylation is 2. The summed E-state index contributed by atoms with van der Waals surface area (Å²) in [6, 6.07) is 13.2. The smallest absolute Gasteiger partial charge is 0.244 e. The Hall–Kier alpha value is -3.13. The lowest BCUT2D eigenvalue weighted by Gasteiger charge is -2.30. The fraction of sp³-hybridized carbons (Fsp3) is 0.333. The number of anilines is 2. The highest BCUT2D eigenvalue weighted by molar-refractivity contribution is 7.99. The number of nitrogens with one attached hydrogen (secondary N) is 1. The summed E-state index contributed by atoms with van der Waals surface area (Å²) in [5.74, 6) is 2.20. The number of hydrogen-bond donors (Lipinski definition) is 1. The third-order valence-electron chi connectivity index (χ3n) is 5.57. The van der Waals surface area contributed by atoms with Gasteiger partial charge in [0, 0.05) is 22.9 Å². The Balaban J connectivity index is 1.50. The van der Waals surface area contributed by atoms with Gasteiger partial charge in [0.2, 0.25) is 24.0 Å². The van der Waals surface area contributed by atoms with Crippen LogP contribution in [0.15, 0.2) is 53.4 Å². The molecule has 0 atom stereocenters. The zero-order valence-electron chi connectivity index (χ0n) is 18.2. The molecule has 1 fully saturated rings. The van der Waals surface area contributed by atoms with E-state index in [9.17, 15) is 9.59 Å². The van der Waals surface area contributed by atoms with Gasteiger partial charge in [0.15, 0.2) is 0 Å². The van der Waals surface area contributed by atoms with Crippen LogP contribution in [-0.2, 0) is 9.59 Å². The number of carbonyl (C=O) groups is 2. The molecule has 1 saturated heterocycles. The Morgan fingerprint density at radius 1 is 1.12 bits per heavy atom. The van der Waals surface area contributed by atoms with E-state index in [2.05, 4.69) is 15.5 Å². The summed E-state index contributed by atoms with van der Waals surface area (Å²) in [6.45, 7) is 3.97. The van der Waals surface area contributed by atoms with E-state index < -0.39 is 0 Å². The standard InChI is InChI=1S/C24H26N4O3S/c1-16-3-8-21(17(2)13-16)28(24(30)19-9-11-32-12-10-19)14-22(29)26-20-6-4-18(5-7-20)23-25-15-31-27-23/h3-8,13,15,19H,9-12,14H2,1-2H3,(H,26,29). The maximum absolute atomic E-state index is 13.4. The average Bonchev–Trinajstić information content (AvgIpc) is 3.33. The summed E-state index contributed by atoms with van der Waals surface area (Å²) < 4.78 is 4.77. The van der Waals surface area contributed by atoms with Gasteiger partial charge in [-0.15, -0.1) is 0 Å². The van der Waals surface area contributed by atoms with Crippen molar-refractivity contribution in [2.45, 2.75) is 26.7 Å². The van der Waals surface area contributed by atoms with Gasteiger partial charge in [0.1, 0.15) is 6.54 Å². The van der Waals surface area contributed by atoms with E-state index in [0.29, 0.717) is 11.5 Å².